The van der Waals surface area contributed by atoms with Gasteiger partial charge in [0.15, 0.2) is 6.29 Å². The summed E-state index contributed by atoms with van der Waals surface area (Å²) in [6.07, 6.45) is -1.39. The van der Waals surface area contributed by atoms with Crippen molar-refractivity contribution in [3.63, 3.8) is 0 Å². The highest BCUT2D eigenvalue weighted by molar-refractivity contribution is 6.18. The lowest BCUT2D eigenvalue weighted by Gasteiger charge is -2.21. The molecule has 0 heterocycles. The van der Waals surface area contributed by atoms with Crippen molar-refractivity contribution in [1.82, 2.24) is 0 Å². The molecule has 0 rings (SSSR count). The van der Waals surface area contributed by atoms with Crippen molar-refractivity contribution < 1.29 is 24.1 Å². The van der Waals surface area contributed by atoms with Crippen molar-refractivity contribution in [3.05, 3.63) is 0 Å². The van der Waals surface area contributed by atoms with E-state index in [1.807, 2.05) is 0 Å². The van der Waals surface area contributed by atoms with Gasteiger partial charge in [0.05, 0.1) is 39.6 Å². The van der Waals surface area contributed by atoms with E-state index in [-0.39, 0.29) is 0 Å². The maximum Gasteiger partial charge on any atom is 0.183 e. The number of aliphatic hydroxyl groups excluding tert-OH is 1. The van der Waals surface area contributed by atoms with Crippen LogP contribution in [0.2, 0.25) is 0 Å². The smallest absolute Gasteiger partial charge is 0.183 e. The molecule has 0 radical (unpaired) electrons. The SMILES string of the molecule is CC(O)C(OCCOCCCl)OCCOCCCl. The molecule has 0 fully saturated rings. The lowest BCUT2D eigenvalue weighted by Crippen LogP contribution is -2.32. The first-order valence-electron chi connectivity index (χ1n) is 5.91. The van der Waals surface area contributed by atoms with Gasteiger partial charge in [0.25, 0.3) is 0 Å². The molecule has 110 valence electrons. The molecular formula is C11H22Cl2O5. The first-order chi connectivity index (χ1) is 8.72. The molecule has 18 heavy (non-hydrogen) atoms. The predicted octanol–water partition coefficient (Wildman–Crippen LogP) is 1.24. The Balaban J connectivity index is 3.53. The van der Waals surface area contributed by atoms with Crippen molar-refractivity contribution >= 4 is 23.2 Å². The van der Waals surface area contributed by atoms with Crippen molar-refractivity contribution in [1.29, 1.82) is 0 Å². The van der Waals surface area contributed by atoms with Crippen molar-refractivity contribution in [2.75, 3.05) is 51.4 Å². The Hall–Kier alpha value is 0.380. The molecule has 0 saturated heterocycles. The minimum atomic E-state index is -0.717. The third kappa shape index (κ3) is 11.5. The number of hydrogen-bond acceptors (Lipinski definition) is 5. The van der Waals surface area contributed by atoms with E-state index in [0.717, 1.165) is 0 Å². The summed E-state index contributed by atoms with van der Waals surface area (Å²) in [5.74, 6) is 0.905. The van der Waals surface area contributed by atoms with Crippen molar-refractivity contribution in [3.8, 4) is 0 Å². The van der Waals surface area contributed by atoms with Crippen LogP contribution >= 0.6 is 23.2 Å². The van der Waals surface area contributed by atoms with E-state index < -0.39 is 12.4 Å². The molecule has 0 bridgehead atoms. The Kier molecular flexibility index (Phi) is 14.1. The van der Waals surface area contributed by atoms with Crippen LogP contribution in [0, 0.1) is 0 Å². The second kappa shape index (κ2) is 13.8. The molecule has 0 aromatic carbocycles. The van der Waals surface area contributed by atoms with Gasteiger partial charge in [-0.2, -0.15) is 0 Å². The Morgan fingerprint density at radius 2 is 1.28 bits per heavy atom. The summed E-state index contributed by atoms with van der Waals surface area (Å²) >= 11 is 10.9. The second-order valence-electron chi connectivity index (χ2n) is 3.45. The minimum Gasteiger partial charge on any atom is -0.388 e. The van der Waals surface area contributed by atoms with Gasteiger partial charge >= 0.3 is 0 Å². The first kappa shape index (κ1) is 18.4. The molecule has 0 aliphatic heterocycles. The van der Waals surface area contributed by atoms with E-state index in [1.165, 1.54) is 0 Å². The maximum atomic E-state index is 9.44. The lowest BCUT2D eigenvalue weighted by molar-refractivity contribution is -0.199. The third-order valence-corrected chi connectivity index (χ3v) is 2.17. The number of halogens is 2. The van der Waals surface area contributed by atoms with E-state index in [9.17, 15) is 5.11 Å². The Morgan fingerprint density at radius 1 is 0.833 bits per heavy atom. The van der Waals surface area contributed by atoms with E-state index >= 15 is 0 Å². The van der Waals surface area contributed by atoms with Crippen LogP contribution in [0.3, 0.4) is 0 Å². The van der Waals surface area contributed by atoms with Crippen LogP contribution in [0.15, 0.2) is 0 Å². The van der Waals surface area contributed by atoms with Crippen molar-refractivity contribution in [2.24, 2.45) is 0 Å². The molecule has 0 saturated carbocycles. The van der Waals surface area contributed by atoms with E-state index in [2.05, 4.69) is 0 Å². The summed E-state index contributed by atoms with van der Waals surface area (Å²) < 4.78 is 20.9. The third-order valence-electron chi connectivity index (χ3n) is 1.86. The Morgan fingerprint density at radius 3 is 1.61 bits per heavy atom. The molecule has 7 heteroatoms. The van der Waals surface area contributed by atoms with Crippen molar-refractivity contribution in [2.45, 2.75) is 19.3 Å². The van der Waals surface area contributed by atoms with Crippen LogP contribution in [0.25, 0.3) is 0 Å². The largest absolute Gasteiger partial charge is 0.388 e. The molecule has 1 N–H and O–H groups in total. The second-order valence-corrected chi connectivity index (χ2v) is 4.21. The average molecular weight is 305 g/mol. The zero-order valence-electron chi connectivity index (χ0n) is 10.6. The lowest BCUT2D eigenvalue weighted by atomic mass is 10.4. The highest BCUT2D eigenvalue weighted by Gasteiger charge is 2.15. The molecule has 1 unspecified atom stereocenters. The van der Waals surface area contributed by atoms with Crippen LogP contribution in [0.5, 0.6) is 0 Å². The highest BCUT2D eigenvalue weighted by Crippen LogP contribution is 2.01. The fourth-order valence-corrected chi connectivity index (χ4v) is 1.30. The topological polar surface area (TPSA) is 57.2 Å². The Labute approximate surface area is 118 Å². The first-order valence-corrected chi connectivity index (χ1v) is 6.98. The number of rotatable bonds is 13. The standard InChI is InChI=1S/C11H22Cl2O5/c1-10(14)11(17-8-6-15-4-2-12)18-9-7-16-5-3-13/h10-11,14H,2-9H2,1H3. The van der Waals surface area contributed by atoms with Gasteiger partial charge in [-0.25, -0.2) is 0 Å². The summed E-state index contributed by atoms with van der Waals surface area (Å²) in [6.45, 7) is 4.09. The van der Waals surface area contributed by atoms with Gasteiger partial charge < -0.3 is 24.1 Å². The average Bonchev–Trinajstić information content (AvgIpc) is 2.35. The molecule has 0 aliphatic carbocycles. The highest BCUT2D eigenvalue weighted by atomic mass is 35.5. The van der Waals surface area contributed by atoms with Crippen LogP contribution in [0.1, 0.15) is 6.92 Å². The fourth-order valence-electron chi connectivity index (χ4n) is 1.09. The molecule has 0 aliphatic rings. The molecule has 5 nitrogen and oxygen atoms in total. The van der Waals surface area contributed by atoms with Gasteiger partial charge in [-0.3, -0.25) is 0 Å². The van der Waals surface area contributed by atoms with Crippen LogP contribution in [0.4, 0.5) is 0 Å². The zero-order chi connectivity index (χ0) is 13.6. The molecule has 0 aromatic rings. The summed E-state index contributed by atoms with van der Waals surface area (Å²) in [6, 6.07) is 0. The van der Waals surface area contributed by atoms with Gasteiger partial charge in [-0.15, -0.1) is 23.2 Å². The summed E-state index contributed by atoms with van der Waals surface area (Å²) in [7, 11) is 0. The van der Waals surface area contributed by atoms with Crippen LogP contribution < -0.4 is 0 Å². The van der Waals surface area contributed by atoms with E-state index in [1.54, 1.807) is 6.92 Å². The number of alkyl halides is 2. The maximum absolute atomic E-state index is 9.44. The summed E-state index contributed by atoms with van der Waals surface area (Å²) in [5.41, 5.74) is 0. The van der Waals surface area contributed by atoms with Gasteiger partial charge in [-0.05, 0) is 6.92 Å². The number of ether oxygens (including phenoxy) is 4. The fraction of sp³-hybridized carbons (Fsp3) is 1.00. The summed E-state index contributed by atoms with van der Waals surface area (Å²) in [5, 5.41) is 9.44. The quantitative estimate of drug-likeness (QED) is 0.315. The normalized spacial score (nSPS) is 13.2. The van der Waals surface area contributed by atoms with Gasteiger partial charge in [0.2, 0.25) is 0 Å². The number of hydrogen-bond donors (Lipinski definition) is 1. The molecule has 0 amide bonds. The molecular weight excluding hydrogens is 283 g/mol. The molecule has 0 spiro atoms. The molecule has 0 aromatic heterocycles. The van der Waals surface area contributed by atoms with E-state index in [4.69, 9.17) is 42.1 Å². The van der Waals surface area contributed by atoms with Gasteiger partial charge in [0, 0.05) is 11.8 Å². The zero-order valence-corrected chi connectivity index (χ0v) is 12.2. The minimum absolute atomic E-state index is 0.342. The number of aliphatic hydroxyl groups is 1. The van der Waals surface area contributed by atoms with Crippen LogP contribution in [-0.4, -0.2) is 68.9 Å². The molecule has 1 atom stereocenters. The van der Waals surface area contributed by atoms with E-state index in [0.29, 0.717) is 51.4 Å². The monoisotopic (exact) mass is 304 g/mol. The summed E-state index contributed by atoms with van der Waals surface area (Å²) in [4.78, 5) is 0. The predicted molar refractivity (Wildman–Crippen MR) is 70.5 cm³/mol. The van der Waals surface area contributed by atoms with Gasteiger partial charge in [0.1, 0.15) is 6.10 Å². The van der Waals surface area contributed by atoms with Crippen LogP contribution in [-0.2, 0) is 18.9 Å². The Bertz CT molecular complexity index is 158. The van der Waals surface area contributed by atoms with Gasteiger partial charge in [-0.1, -0.05) is 0 Å².